The fraction of sp³-hybridized carbons (Fsp3) is 0.316. The summed E-state index contributed by atoms with van der Waals surface area (Å²) in [7, 11) is -3.94. The number of carbonyl (C=O) groups is 1. The van der Waals surface area contributed by atoms with Crippen molar-refractivity contribution in [3.63, 3.8) is 0 Å². The Labute approximate surface area is 177 Å². The third-order valence-electron chi connectivity index (χ3n) is 4.77. The van der Waals surface area contributed by atoms with Gasteiger partial charge in [0.05, 0.1) is 11.7 Å². The van der Waals surface area contributed by atoms with E-state index in [0.29, 0.717) is 30.3 Å². The van der Waals surface area contributed by atoms with Gasteiger partial charge in [0.25, 0.3) is 5.60 Å². The molecule has 13 heteroatoms. The minimum atomic E-state index is -6.10. The van der Waals surface area contributed by atoms with Gasteiger partial charge in [-0.05, 0) is 23.3 Å². The first-order valence-electron chi connectivity index (χ1n) is 8.75. The van der Waals surface area contributed by atoms with Crippen LogP contribution < -0.4 is 5.73 Å². The molecule has 3 N–H and O–H groups in total. The summed E-state index contributed by atoms with van der Waals surface area (Å²) < 4.78 is 116. The van der Waals surface area contributed by atoms with E-state index in [1.807, 2.05) is 0 Å². The van der Waals surface area contributed by atoms with E-state index in [1.165, 1.54) is 6.92 Å². The van der Waals surface area contributed by atoms with Crippen molar-refractivity contribution in [2.24, 2.45) is 5.73 Å². The van der Waals surface area contributed by atoms with Crippen molar-refractivity contribution < 1.29 is 49.1 Å². The normalized spacial score (nSPS) is 14.3. The predicted octanol–water partition coefficient (Wildman–Crippen LogP) is 3.55. The summed E-state index contributed by atoms with van der Waals surface area (Å²) in [5.74, 6) is -4.28. The number of hydrogen-bond acceptors (Lipinski definition) is 4. The molecule has 0 saturated heterocycles. The largest absolute Gasteiger partial charge is 0.430 e. The number of sulfone groups is 1. The van der Waals surface area contributed by atoms with Crippen LogP contribution in [0.3, 0.4) is 0 Å². The second kappa shape index (κ2) is 8.35. The van der Waals surface area contributed by atoms with Crippen LogP contribution in [-0.2, 0) is 20.2 Å². The molecule has 2 aromatic rings. The molecule has 5 nitrogen and oxygen atoms in total. The van der Waals surface area contributed by atoms with Crippen LogP contribution in [0.1, 0.15) is 29.5 Å². The van der Waals surface area contributed by atoms with Crippen LogP contribution in [0.4, 0.5) is 30.7 Å². The maximum Gasteiger partial charge on any atom is 0.430 e. The average molecular weight is 487 g/mol. The van der Waals surface area contributed by atoms with Gasteiger partial charge in [0.15, 0.2) is 9.84 Å². The van der Waals surface area contributed by atoms with Crippen LogP contribution >= 0.6 is 0 Å². The van der Waals surface area contributed by atoms with Gasteiger partial charge >= 0.3 is 12.4 Å². The molecule has 0 saturated carbocycles. The molecule has 2 aromatic carbocycles. The standard InChI is InChI=1S/C19H16F7NO4S/c1-2-32(30,31)14-8-5-11(9-13(14)20)15(16(27)28)10-3-6-12(7-4-10)17(29,18(21,22)23)19(24,25)26/h3-9,15,29H,2H2,1H3,(H2,27,28). The number of hydrogen-bond donors (Lipinski definition) is 2. The number of amides is 1. The Balaban J connectivity index is 2.56. The Kier molecular flexibility index (Phi) is 6.68. The number of benzene rings is 2. The van der Waals surface area contributed by atoms with Gasteiger partial charge in [-0.2, -0.15) is 26.3 Å². The second-order valence-corrected chi connectivity index (χ2v) is 9.00. The van der Waals surface area contributed by atoms with Gasteiger partial charge in [-0.1, -0.05) is 37.3 Å². The number of alkyl halides is 6. The van der Waals surface area contributed by atoms with Gasteiger partial charge in [0.2, 0.25) is 5.91 Å². The highest BCUT2D eigenvalue weighted by molar-refractivity contribution is 7.91. The minimum Gasteiger partial charge on any atom is -0.369 e. The summed E-state index contributed by atoms with van der Waals surface area (Å²) in [6, 6.07) is 4.64. The van der Waals surface area contributed by atoms with E-state index < -0.39 is 61.6 Å². The van der Waals surface area contributed by atoms with Gasteiger partial charge in [-0.25, -0.2) is 12.8 Å². The molecule has 2 rings (SSSR count). The Hall–Kier alpha value is -2.67. The van der Waals surface area contributed by atoms with Gasteiger partial charge in [0.1, 0.15) is 10.7 Å². The third-order valence-corrected chi connectivity index (χ3v) is 6.53. The molecule has 0 aliphatic rings. The summed E-state index contributed by atoms with van der Waals surface area (Å²) >= 11 is 0. The lowest BCUT2D eigenvalue weighted by Gasteiger charge is -2.32. The van der Waals surface area contributed by atoms with E-state index in [0.717, 1.165) is 12.1 Å². The maximum atomic E-state index is 14.3. The van der Waals surface area contributed by atoms with E-state index in [9.17, 15) is 49.1 Å². The smallest absolute Gasteiger partial charge is 0.369 e. The molecule has 1 atom stereocenters. The summed E-state index contributed by atoms with van der Waals surface area (Å²) in [5, 5.41) is 9.43. The number of aliphatic hydroxyl groups is 1. The second-order valence-electron chi connectivity index (χ2n) is 6.76. The number of nitrogens with two attached hydrogens (primary N) is 1. The summed E-state index contributed by atoms with van der Waals surface area (Å²) in [4.78, 5) is 11.3. The highest BCUT2D eigenvalue weighted by Crippen LogP contribution is 2.50. The monoisotopic (exact) mass is 487 g/mol. The van der Waals surface area contributed by atoms with Gasteiger partial charge in [-0.15, -0.1) is 0 Å². The highest BCUT2D eigenvalue weighted by Gasteiger charge is 2.71. The Morgan fingerprint density at radius 1 is 0.969 bits per heavy atom. The molecule has 0 radical (unpaired) electrons. The van der Waals surface area contributed by atoms with Crippen molar-refractivity contribution in [2.75, 3.05) is 5.75 Å². The molecule has 32 heavy (non-hydrogen) atoms. The van der Waals surface area contributed by atoms with Crippen molar-refractivity contribution in [3.05, 3.63) is 65.0 Å². The van der Waals surface area contributed by atoms with Crippen molar-refractivity contribution >= 4 is 15.7 Å². The molecule has 0 fully saturated rings. The Morgan fingerprint density at radius 3 is 1.81 bits per heavy atom. The lowest BCUT2D eigenvalue weighted by Crippen LogP contribution is -2.53. The first-order valence-corrected chi connectivity index (χ1v) is 10.4. The van der Waals surface area contributed by atoms with E-state index in [-0.39, 0.29) is 11.1 Å². The molecule has 0 bridgehead atoms. The molecule has 0 spiro atoms. The summed E-state index contributed by atoms with van der Waals surface area (Å²) in [5.41, 5.74) is -1.84. The number of carbonyl (C=O) groups excluding carboxylic acids is 1. The Bertz CT molecular complexity index is 1100. The molecular formula is C19H16F7NO4S. The number of rotatable bonds is 6. The van der Waals surface area contributed by atoms with E-state index in [4.69, 9.17) is 5.73 Å². The van der Waals surface area contributed by atoms with Crippen LogP contribution in [0.5, 0.6) is 0 Å². The third kappa shape index (κ3) is 4.44. The van der Waals surface area contributed by atoms with Crippen molar-refractivity contribution in [1.29, 1.82) is 0 Å². The first-order chi connectivity index (χ1) is 14.5. The molecule has 0 heterocycles. The van der Waals surface area contributed by atoms with Crippen LogP contribution in [-0.4, -0.2) is 37.5 Å². The molecule has 0 aliphatic heterocycles. The number of halogens is 7. The average Bonchev–Trinajstić information content (AvgIpc) is 2.66. The number of primary amides is 1. The molecule has 176 valence electrons. The highest BCUT2D eigenvalue weighted by atomic mass is 32.2. The lowest BCUT2D eigenvalue weighted by atomic mass is 9.87. The predicted molar refractivity (Wildman–Crippen MR) is 97.6 cm³/mol. The molecular weight excluding hydrogens is 471 g/mol. The zero-order chi connectivity index (χ0) is 24.7. The van der Waals surface area contributed by atoms with Crippen LogP contribution in [0.25, 0.3) is 0 Å². The summed E-state index contributed by atoms with van der Waals surface area (Å²) in [6.07, 6.45) is -12.2. The van der Waals surface area contributed by atoms with Crippen LogP contribution in [0.2, 0.25) is 0 Å². The lowest BCUT2D eigenvalue weighted by molar-refractivity contribution is -0.376. The Morgan fingerprint density at radius 2 is 1.44 bits per heavy atom. The first kappa shape index (κ1) is 25.6. The summed E-state index contributed by atoms with van der Waals surface area (Å²) in [6.45, 7) is 1.28. The maximum absolute atomic E-state index is 14.3. The van der Waals surface area contributed by atoms with Gasteiger partial charge in [0, 0.05) is 5.56 Å². The minimum absolute atomic E-state index is 0.181. The zero-order valence-corrected chi connectivity index (χ0v) is 16.9. The SMILES string of the molecule is CCS(=O)(=O)c1ccc(C(C(N)=O)c2ccc(C(O)(C(F)(F)F)C(F)(F)F)cc2)cc1F. The topological polar surface area (TPSA) is 97.5 Å². The quantitative estimate of drug-likeness (QED) is 0.609. The molecule has 1 unspecified atom stereocenters. The van der Waals surface area contributed by atoms with Crippen molar-refractivity contribution in [3.8, 4) is 0 Å². The van der Waals surface area contributed by atoms with Crippen molar-refractivity contribution in [1.82, 2.24) is 0 Å². The van der Waals surface area contributed by atoms with E-state index >= 15 is 0 Å². The molecule has 1 amide bonds. The van der Waals surface area contributed by atoms with E-state index in [1.54, 1.807) is 0 Å². The van der Waals surface area contributed by atoms with E-state index in [2.05, 4.69) is 0 Å². The fourth-order valence-corrected chi connectivity index (χ4v) is 3.97. The van der Waals surface area contributed by atoms with Crippen LogP contribution in [0, 0.1) is 5.82 Å². The van der Waals surface area contributed by atoms with Crippen LogP contribution in [0.15, 0.2) is 47.4 Å². The van der Waals surface area contributed by atoms with Gasteiger partial charge in [-0.3, -0.25) is 4.79 Å². The molecule has 0 aromatic heterocycles. The molecule has 0 aliphatic carbocycles. The fourth-order valence-electron chi connectivity index (χ4n) is 3.03. The zero-order valence-electron chi connectivity index (χ0n) is 16.1. The van der Waals surface area contributed by atoms with Crippen molar-refractivity contribution in [2.45, 2.75) is 35.7 Å². The van der Waals surface area contributed by atoms with Gasteiger partial charge < -0.3 is 10.8 Å².